The standard InChI is InChI=1S/C19H28N6O2/c1-14(2)25-17(5-7-21-25)18-16(6-9-27-18)19(26)23-8-3-4-15(10-23)11-24-13-20-12-22-24/h5,7,12-16,18H,3-4,6,8-11H2,1-2H3/t15?,16-,18-/m0/s1. The Hall–Kier alpha value is -2.22. The number of hydrogen-bond donors (Lipinski definition) is 0. The fourth-order valence-electron chi connectivity index (χ4n) is 4.36. The minimum atomic E-state index is -0.196. The summed E-state index contributed by atoms with van der Waals surface area (Å²) in [5.41, 5.74) is 1.01. The number of hydrogen-bond acceptors (Lipinski definition) is 5. The second-order valence-corrected chi connectivity index (χ2v) is 7.89. The highest BCUT2D eigenvalue weighted by Gasteiger charge is 2.40. The van der Waals surface area contributed by atoms with Gasteiger partial charge in [0.2, 0.25) is 5.91 Å². The summed E-state index contributed by atoms with van der Waals surface area (Å²) in [6, 6.07) is 2.23. The van der Waals surface area contributed by atoms with Gasteiger partial charge in [-0.15, -0.1) is 0 Å². The zero-order chi connectivity index (χ0) is 18.8. The summed E-state index contributed by atoms with van der Waals surface area (Å²) < 4.78 is 9.83. The molecule has 1 amide bonds. The van der Waals surface area contributed by atoms with Crippen LogP contribution in [0.1, 0.15) is 50.9 Å². The molecule has 0 bridgehead atoms. The first-order valence-corrected chi connectivity index (χ1v) is 9.89. The van der Waals surface area contributed by atoms with Crippen molar-refractivity contribution in [2.45, 2.75) is 51.8 Å². The van der Waals surface area contributed by atoms with E-state index in [2.05, 4.69) is 29.0 Å². The van der Waals surface area contributed by atoms with Gasteiger partial charge in [-0.2, -0.15) is 10.2 Å². The van der Waals surface area contributed by atoms with Crippen molar-refractivity contribution in [2.75, 3.05) is 19.7 Å². The molecule has 8 heteroatoms. The maximum Gasteiger partial charge on any atom is 0.228 e. The summed E-state index contributed by atoms with van der Waals surface area (Å²) in [6.07, 6.45) is 7.84. The largest absolute Gasteiger partial charge is 0.371 e. The highest BCUT2D eigenvalue weighted by atomic mass is 16.5. The molecule has 0 saturated carbocycles. The van der Waals surface area contributed by atoms with Crippen molar-refractivity contribution in [3.8, 4) is 0 Å². The van der Waals surface area contributed by atoms with Gasteiger partial charge >= 0.3 is 0 Å². The molecule has 8 nitrogen and oxygen atoms in total. The van der Waals surface area contributed by atoms with Crippen molar-refractivity contribution < 1.29 is 9.53 Å². The van der Waals surface area contributed by atoms with E-state index in [4.69, 9.17) is 4.74 Å². The molecule has 3 atom stereocenters. The number of carbonyl (C=O) groups excluding carboxylic acids is 1. The topological polar surface area (TPSA) is 78.1 Å². The predicted molar refractivity (Wildman–Crippen MR) is 98.7 cm³/mol. The molecule has 0 N–H and O–H groups in total. The molecule has 2 aromatic heterocycles. The smallest absolute Gasteiger partial charge is 0.228 e. The summed E-state index contributed by atoms with van der Waals surface area (Å²) >= 11 is 0. The van der Waals surface area contributed by atoms with Crippen LogP contribution >= 0.6 is 0 Å². The third-order valence-corrected chi connectivity index (χ3v) is 5.63. The van der Waals surface area contributed by atoms with Crippen LogP contribution in [0.5, 0.6) is 0 Å². The minimum absolute atomic E-state index is 0.121. The third kappa shape index (κ3) is 3.76. The van der Waals surface area contributed by atoms with Crippen LogP contribution in [0.25, 0.3) is 0 Å². The minimum Gasteiger partial charge on any atom is -0.371 e. The number of piperidine rings is 1. The molecule has 0 aromatic carbocycles. The molecule has 0 radical (unpaired) electrons. The lowest BCUT2D eigenvalue weighted by atomic mass is 9.93. The lowest BCUT2D eigenvalue weighted by molar-refractivity contribution is -0.139. The summed E-state index contributed by atoms with van der Waals surface area (Å²) in [5.74, 6) is 0.521. The number of amides is 1. The summed E-state index contributed by atoms with van der Waals surface area (Å²) in [7, 11) is 0. The number of nitrogens with zero attached hydrogens (tertiary/aromatic N) is 6. The molecule has 1 unspecified atom stereocenters. The second-order valence-electron chi connectivity index (χ2n) is 7.89. The summed E-state index contributed by atoms with van der Waals surface area (Å²) in [6.45, 7) is 7.25. The molecule has 2 aliphatic rings. The lowest BCUT2D eigenvalue weighted by Crippen LogP contribution is -2.44. The molecule has 27 heavy (non-hydrogen) atoms. The van der Waals surface area contributed by atoms with E-state index in [9.17, 15) is 4.79 Å². The van der Waals surface area contributed by atoms with Crippen LogP contribution in [0.4, 0.5) is 0 Å². The van der Waals surface area contributed by atoms with Crippen LogP contribution < -0.4 is 0 Å². The Bertz CT molecular complexity index is 756. The zero-order valence-corrected chi connectivity index (χ0v) is 16.1. The van der Waals surface area contributed by atoms with E-state index < -0.39 is 0 Å². The highest BCUT2D eigenvalue weighted by molar-refractivity contribution is 5.80. The second kappa shape index (κ2) is 7.80. The van der Waals surface area contributed by atoms with Crippen LogP contribution in [0.15, 0.2) is 24.9 Å². The van der Waals surface area contributed by atoms with Gasteiger partial charge in [-0.05, 0) is 45.1 Å². The first kappa shape index (κ1) is 18.2. The third-order valence-electron chi connectivity index (χ3n) is 5.63. The van der Waals surface area contributed by atoms with Crippen LogP contribution in [-0.4, -0.2) is 55.0 Å². The average molecular weight is 372 g/mol. The Morgan fingerprint density at radius 1 is 1.33 bits per heavy atom. The van der Waals surface area contributed by atoms with Gasteiger partial charge in [0, 0.05) is 38.5 Å². The number of ether oxygens (including phenoxy) is 1. The van der Waals surface area contributed by atoms with Crippen molar-refractivity contribution >= 4 is 5.91 Å². The Kier molecular flexibility index (Phi) is 5.24. The summed E-state index contributed by atoms with van der Waals surface area (Å²) in [4.78, 5) is 19.4. The predicted octanol–water partition coefficient (Wildman–Crippen LogP) is 2.07. The van der Waals surface area contributed by atoms with Gasteiger partial charge < -0.3 is 9.64 Å². The van der Waals surface area contributed by atoms with Crippen molar-refractivity contribution in [3.63, 3.8) is 0 Å². The van der Waals surface area contributed by atoms with Crippen LogP contribution in [-0.2, 0) is 16.1 Å². The molecule has 0 aliphatic carbocycles. The van der Waals surface area contributed by atoms with E-state index >= 15 is 0 Å². The van der Waals surface area contributed by atoms with Crippen molar-refractivity contribution in [3.05, 3.63) is 30.6 Å². The number of carbonyl (C=O) groups is 1. The zero-order valence-electron chi connectivity index (χ0n) is 16.1. The van der Waals surface area contributed by atoms with Crippen molar-refractivity contribution in [1.82, 2.24) is 29.4 Å². The SMILES string of the molecule is CC(C)n1nccc1[C@H]1OCC[C@@H]1C(=O)N1CCCC(Cn2cncn2)C1. The first-order valence-electron chi connectivity index (χ1n) is 9.89. The monoisotopic (exact) mass is 372 g/mol. The van der Waals surface area contributed by atoms with E-state index in [1.165, 1.54) is 0 Å². The van der Waals surface area contributed by atoms with Gasteiger partial charge in [0.05, 0.1) is 11.6 Å². The van der Waals surface area contributed by atoms with Gasteiger partial charge in [0.1, 0.15) is 18.8 Å². The van der Waals surface area contributed by atoms with Crippen molar-refractivity contribution in [1.29, 1.82) is 0 Å². The van der Waals surface area contributed by atoms with Crippen LogP contribution in [0.3, 0.4) is 0 Å². The molecular weight excluding hydrogens is 344 g/mol. The lowest BCUT2D eigenvalue weighted by Gasteiger charge is -2.35. The number of rotatable bonds is 5. The Balaban J connectivity index is 1.45. The molecule has 2 fully saturated rings. The van der Waals surface area contributed by atoms with Crippen LogP contribution in [0, 0.1) is 11.8 Å². The maximum atomic E-state index is 13.3. The fourth-order valence-corrected chi connectivity index (χ4v) is 4.36. The summed E-state index contributed by atoms with van der Waals surface area (Å²) in [5, 5.41) is 8.62. The van der Waals surface area contributed by atoms with E-state index in [1.807, 2.05) is 20.3 Å². The van der Waals surface area contributed by atoms with E-state index in [0.29, 0.717) is 12.5 Å². The average Bonchev–Trinajstić information content (AvgIpc) is 3.41. The molecular formula is C19H28N6O2. The van der Waals surface area contributed by atoms with Crippen LogP contribution in [0.2, 0.25) is 0 Å². The maximum absolute atomic E-state index is 13.3. The van der Waals surface area contributed by atoms with Gasteiger partial charge in [-0.1, -0.05) is 0 Å². The van der Waals surface area contributed by atoms with Gasteiger partial charge in [-0.25, -0.2) is 4.98 Å². The molecule has 146 valence electrons. The molecule has 4 rings (SSSR count). The van der Waals surface area contributed by atoms with Gasteiger partial charge in [0.15, 0.2) is 0 Å². The molecule has 0 spiro atoms. The van der Waals surface area contributed by atoms with Gasteiger partial charge in [0.25, 0.3) is 0 Å². The van der Waals surface area contributed by atoms with Crippen molar-refractivity contribution in [2.24, 2.45) is 11.8 Å². The Morgan fingerprint density at radius 2 is 2.22 bits per heavy atom. The highest BCUT2D eigenvalue weighted by Crippen LogP contribution is 2.37. The fraction of sp³-hybridized carbons (Fsp3) is 0.684. The Labute approximate surface area is 159 Å². The van der Waals surface area contributed by atoms with Gasteiger partial charge in [-0.3, -0.25) is 14.2 Å². The van der Waals surface area contributed by atoms with E-state index in [0.717, 1.165) is 44.6 Å². The number of aromatic nitrogens is 5. The Morgan fingerprint density at radius 3 is 3.00 bits per heavy atom. The molecule has 2 saturated heterocycles. The molecule has 2 aliphatic heterocycles. The molecule has 4 heterocycles. The molecule has 2 aromatic rings. The number of likely N-dealkylation sites (tertiary alicyclic amines) is 1. The van der Waals surface area contributed by atoms with E-state index in [1.54, 1.807) is 18.9 Å². The van der Waals surface area contributed by atoms with E-state index in [-0.39, 0.29) is 24.0 Å². The normalized spacial score (nSPS) is 26.0. The quantitative estimate of drug-likeness (QED) is 0.803. The first-order chi connectivity index (χ1) is 13.1.